The van der Waals surface area contributed by atoms with Gasteiger partial charge in [-0.3, -0.25) is 4.79 Å². The lowest BCUT2D eigenvalue weighted by molar-refractivity contribution is -0.123. The van der Waals surface area contributed by atoms with E-state index in [0.29, 0.717) is 23.8 Å². The molecule has 1 heterocycles. The predicted molar refractivity (Wildman–Crippen MR) is 77.5 cm³/mol. The van der Waals surface area contributed by atoms with Gasteiger partial charge in [0.15, 0.2) is 0 Å². The lowest BCUT2D eigenvalue weighted by Crippen LogP contribution is -2.51. The summed E-state index contributed by atoms with van der Waals surface area (Å²) in [6.07, 6.45) is 0. The number of hydrogen-bond acceptors (Lipinski definition) is 2. The molecule has 0 saturated carbocycles. The molecular weight excluding hydrogens is 334 g/mol. The number of amides is 3. The van der Waals surface area contributed by atoms with Gasteiger partial charge < -0.3 is 15.5 Å². The van der Waals surface area contributed by atoms with Crippen LogP contribution in [0.25, 0.3) is 0 Å². The van der Waals surface area contributed by atoms with Crippen LogP contribution < -0.4 is 10.6 Å². The third-order valence-corrected chi connectivity index (χ3v) is 3.88. The quantitative estimate of drug-likeness (QED) is 0.820. The van der Waals surface area contributed by atoms with E-state index in [1.807, 2.05) is 13.0 Å². The van der Waals surface area contributed by atoms with Gasteiger partial charge in [0.05, 0.1) is 5.69 Å². The normalized spacial score (nSPS) is 15.1. The summed E-state index contributed by atoms with van der Waals surface area (Å²) in [6.45, 7) is 2.92. The third-order valence-electron chi connectivity index (χ3n) is 2.82. The average Bonchev–Trinajstić information content (AvgIpc) is 2.36. The topological polar surface area (TPSA) is 61.4 Å². The molecule has 1 aliphatic heterocycles. The third kappa shape index (κ3) is 3.39. The van der Waals surface area contributed by atoms with Crippen molar-refractivity contribution >= 4 is 45.2 Å². The Hall–Kier alpha value is -1.27. The van der Waals surface area contributed by atoms with Gasteiger partial charge in [-0.15, -0.1) is 0 Å². The number of halogens is 2. The van der Waals surface area contributed by atoms with Gasteiger partial charge in [-0.1, -0.05) is 11.6 Å². The summed E-state index contributed by atoms with van der Waals surface area (Å²) in [5, 5.41) is 5.99. The zero-order valence-corrected chi connectivity index (χ0v) is 12.6. The summed E-state index contributed by atoms with van der Waals surface area (Å²) >= 11 is 9.40. The Kier molecular flexibility index (Phi) is 4.31. The van der Waals surface area contributed by atoms with E-state index in [2.05, 4.69) is 26.6 Å². The first kappa shape index (κ1) is 14.1. The summed E-state index contributed by atoms with van der Waals surface area (Å²) in [6, 6.07) is 3.21. The van der Waals surface area contributed by atoms with Gasteiger partial charge in [0.2, 0.25) is 5.91 Å². The summed E-state index contributed by atoms with van der Waals surface area (Å²) in [5.41, 5.74) is 1.51. The van der Waals surface area contributed by atoms with Crippen LogP contribution in [0.2, 0.25) is 5.02 Å². The molecule has 1 aromatic rings. The van der Waals surface area contributed by atoms with Crippen LogP contribution in [0.1, 0.15) is 5.56 Å². The van der Waals surface area contributed by atoms with E-state index in [9.17, 15) is 9.59 Å². The average molecular weight is 347 g/mol. The van der Waals surface area contributed by atoms with Crippen LogP contribution in [-0.4, -0.2) is 36.5 Å². The largest absolute Gasteiger partial charge is 0.353 e. The van der Waals surface area contributed by atoms with Gasteiger partial charge in [-0.2, -0.15) is 0 Å². The van der Waals surface area contributed by atoms with Gasteiger partial charge in [0, 0.05) is 22.6 Å². The molecular formula is C12H13BrClN3O2. The van der Waals surface area contributed by atoms with Crippen LogP contribution in [0.15, 0.2) is 16.6 Å². The molecule has 102 valence electrons. The second-order valence-corrected chi connectivity index (χ2v) is 5.54. The number of benzene rings is 1. The van der Waals surface area contributed by atoms with Crippen molar-refractivity contribution in [3.63, 3.8) is 0 Å². The second kappa shape index (κ2) is 5.79. The number of aryl methyl sites for hydroxylation is 1. The lowest BCUT2D eigenvalue weighted by Gasteiger charge is -2.27. The van der Waals surface area contributed by atoms with E-state index in [-0.39, 0.29) is 18.5 Å². The minimum absolute atomic E-state index is 0.0725. The smallest absolute Gasteiger partial charge is 0.322 e. The highest BCUT2D eigenvalue weighted by Crippen LogP contribution is 2.29. The molecule has 2 N–H and O–H groups in total. The number of nitrogens with zero attached hydrogens (tertiary/aromatic N) is 1. The first-order valence-electron chi connectivity index (χ1n) is 5.75. The fourth-order valence-corrected chi connectivity index (χ4v) is 2.47. The zero-order valence-electron chi connectivity index (χ0n) is 10.3. The maximum atomic E-state index is 12.0. The number of anilines is 1. The summed E-state index contributed by atoms with van der Waals surface area (Å²) < 4.78 is 0.754. The van der Waals surface area contributed by atoms with Gasteiger partial charge in [-0.05, 0) is 40.5 Å². The van der Waals surface area contributed by atoms with E-state index in [0.717, 1.165) is 10.0 Å². The number of carbonyl (C=O) groups excluding carboxylic acids is 2. The number of nitrogens with one attached hydrogen (secondary N) is 2. The summed E-state index contributed by atoms with van der Waals surface area (Å²) in [7, 11) is 0. The fourth-order valence-electron chi connectivity index (χ4n) is 1.75. The Balaban J connectivity index is 2.10. The SMILES string of the molecule is Cc1cc(Br)c(NC(=O)N2CCNC(=O)C2)cc1Cl. The van der Waals surface area contributed by atoms with E-state index in [4.69, 9.17) is 11.6 Å². The molecule has 7 heteroatoms. The van der Waals surface area contributed by atoms with Gasteiger partial charge in [0.25, 0.3) is 0 Å². The molecule has 5 nitrogen and oxygen atoms in total. The van der Waals surface area contributed by atoms with Crippen molar-refractivity contribution in [2.75, 3.05) is 25.0 Å². The zero-order chi connectivity index (χ0) is 14.0. The summed E-state index contributed by atoms with van der Waals surface area (Å²) in [5.74, 6) is -0.151. The van der Waals surface area contributed by atoms with Crippen LogP contribution in [0, 0.1) is 6.92 Å². The first-order valence-corrected chi connectivity index (χ1v) is 6.93. The number of carbonyl (C=O) groups is 2. The van der Waals surface area contributed by atoms with Crippen LogP contribution in [0.5, 0.6) is 0 Å². The van der Waals surface area contributed by atoms with Gasteiger partial charge >= 0.3 is 6.03 Å². The highest BCUT2D eigenvalue weighted by Gasteiger charge is 2.21. The van der Waals surface area contributed by atoms with Crippen molar-refractivity contribution < 1.29 is 9.59 Å². The van der Waals surface area contributed by atoms with Crippen LogP contribution in [0.4, 0.5) is 10.5 Å². The predicted octanol–water partition coefficient (Wildman–Crippen LogP) is 2.37. The highest BCUT2D eigenvalue weighted by atomic mass is 79.9. The van der Waals surface area contributed by atoms with E-state index in [1.54, 1.807) is 6.07 Å². The molecule has 0 atom stereocenters. The molecule has 2 rings (SSSR count). The molecule has 3 amide bonds. The van der Waals surface area contributed by atoms with Crippen molar-refractivity contribution in [1.82, 2.24) is 10.2 Å². The van der Waals surface area contributed by atoms with Crippen LogP contribution in [-0.2, 0) is 4.79 Å². The molecule has 0 aromatic heterocycles. The van der Waals surface area contributed by atoms with E-state index < -0.39 is 0 Å². The Bertz CT molecular complexity index is 536. The molecule has 0 bridgehead atoms. The standard InChI is InChI=1S/C12H13BrClN3O2/c1-7-4-8(13)10(5-9(7)14)16-12(19)17-3-2-15-11(18)6-17/h4-5H,2-3,6H2,1H3,(H,15,18)(H,16,19). The molecule has 1 saturated heterocycles. The Morgan fingerprint density at radius 2 is 2.26 bits per heavy atom. The Labute approximate surface area is 124 Å². The van der Waals surface area contributed by atoms with Crippen molar-refractivity contribution in [2.45, 2.75) is 6.92 Å². The fraction of sp³-hybridized carbons (Fsp3) is 0.333. The molecule has 0 spiro atoms. The van der Waals surface area contributed by atoms with E-state index >= 15 is 0 Å². The van der Waals surface area contributed by atoms with Crippen LogP contribution >= 0.6 is 27.5 Å². The van der Waals surface area contributed by atoms with Gasteiger partial charge in [-0.25, -0.2) is 4.79 Å². The summed E-state index contributed by atoms with van der Waals surface area (Å²) in [4.78, 5) is 24.7. The molecule has 0 unspecified atom stereocenters. The van der Waals surface area contributed by atoms with Gasteiger partial charge in [0.1, 0.15) is 6.54 Å². The lowest BCUT2D eigenvalue weighted by atomic mass is 10.2. The molecule has 1 aliphatic rings. The maximum Gasteiger partial charge on any atom is 0.322 e. The first-order chi connectivity index (χ1) is 8.97. The second-order valence-electron chi connectivity index (χ2n) is 4.28. The number of hydrogen-bond donors (Lipinski definition) is 2. The molecule has 1 fully saturated rings. The molecule has 0 aliphatic carbocycles. The molecule has 1 aromatic carbocycles. The van der Waals surface area contributed by atoms with Crippen molar-refractivity contribution in [1.29, 1.82) is 0 Å². The highest BCUT2D eigenvalue weighted by molar-refractivity contribution is 9.10. The molecule has 19 heavy (non-hydrogen) atoms. The molecule has 0 radical (unpaired) electrons. The van der Waals surface area contributed by atoms with Crippen molar-refractivity contribution in [2.24, 2.45) is 0 Å². The monoisotopic (exact) mass is 345 g/mol. The van der Waals surface area contributed by atoms with Crippen molar-refractivity contribution in [3.8, 4) is 0 Å². The number of piperazine rings is 1. The van der Waals surface area contributed by atoms with E-state index in [1.165, 1.54) is 4.90 Å². The number of urea groups is 1. The van der Waals surface area contributed by atoms with Crippen LogP contribution in [0.3, 0.4) is 0 Å². The maximum absolute atomic E-state index is 12.0. The Morgan fingerprint density at radius 1 is 1.53 bits per heavy atom. The minimum atomic E-state index is -0.310. The Morgan fingerprint density at radius 3 is 2.95 bits per heavy atom. The minimum Gasteiger partial charge on any atom is -0.353 e. The number of rotatable bonds is 1. The van der Waals surface area contributed by atoms with Crippen molar-refractivity contribution in [3.05, 3.63) is 27.2 Å².